The van der Waals surface area contributed by atoms with E-state index in [0.717, 1.165) is 27.9 Å². The Bertz CT molecular complexity index is 567. The van der Waals surface area contributed by atoms with Gasteiger partial charge in [-0.05, 0) is 18.1 Å². The molecule has 0 amide bonds. The fourth-order valence-corrected chi connectivity index (χ4v) is 2.22. The molecular weight excluding hydrogens is 228 g/mol. The van der Waals surface area contributed by atoms with Crippen molar-refractivity contribution in [3.05, 3.63) is 27.4 Å². The van der Waals surface area contributed by atoms with Crippen molar-refractivity contribution in [2.75, 3.05) is 7.11 Å². The number of aryl methyl sites for hydroxylation is 1. The predicted molar refractivity (Wildman–Crippen MR) is 61.3 cm³/mol. The minimum Gasteiger partial charge on any atom is -0.496 e. The van der Waals surface area contributed by atoms with Crippen molar-refractivity contribution in [2.24, 2.45) is 0 Å². The summed E-state index contributed by atoms with van der Waals surface area (Å²) in [5.41, 5.74) is 1.43. The summed E-state index contributed by atoms with van der Waals surface area (Å²) >= 11 is 1.04. The molecule has 1 aromatic carbocycles. The van der Waals surface area contributed by atoms with Crippen LogP contribution in [0, 0.1) is 0 Å². The number of carbonyl (C=O) groups excluding carboxylic acids is 1. The molecule has 0 bridgehead atoms. The maximum atomic E-state index is 11.1. The molecule has 0 saturated heterocycles. The molecule has 5 heteroatoms. The zero-order valence-corrected chi connectivity index (χ0v) is 9.50. The van der Waals surface area contributed by atoms with Crippen LogP contribution in [0.3, 0.4) is 0 Å². The maximum Gasteiger partial charge on any atom is 0.396 e. The summed E-state index contributed by atoms with van der Waals surface area (Å²) in [6, 6.07) is 3.53. The number of hydrogen-bond donors (Lipinski definition) is 0. The molecule has 0 spiro atoms. The Morgan fingerprint density at radius 1 is 1.50 bits per heavy atom. The van der Waals surface area contributed by atoms with E-state index in [1.54, 1.807) is 19.2 Å². The van der Waals surface area contributed by atoms with Crippen LogP contribution in [0.2, 0.25) is 0 Å². The van der Waals surface area contributed by atoms with E-state index in [4.69, 9.17) is 9.15 Å². The van der Waals surface area contributed by atoms with Crippen LogP contribution in [-0.4, -0.2) is 13.4 Å². The molecule has 0 unspecified atom stereocenters. The van der Waals surface area contributed by atoms with Crippen molar-refractivity contribution in [3.8, 4) is 5.75 Å². The summed E-state index contributed by atoms with van der Waals surface area (Å²) in [6.45, 7) is 0. The summed E-state index contributed by atoms with van der Waals surface area (Å²) in [7, 11) is 1.56. The number of ether oxygens (including phenoxy) is 1. The first-order valence-corrected chi connectivity index (χ1v) is 5.60. The van der Waals surface area contributed by atoms with E-state index in [-0.39, 0.29) is 4.94 Å². The van der Waals surface area contributed by atoms with Gasteiger partial charge in [-0.15, -0.1) is 0 Å². The van der Waals surface area contributed by atoms with Crippen LogP contribution in [0.1, 0.15) is 12.0 Å². The first-order chi connectivity index (χ1) is 7.74. The van der Waals surface area contributed by atoms with Crippen molar-refractivity contribution >= 4 is 27.9 Å². The number of methoxy groups -OCH3 is 1. The standard InChI is InChI=1S/C11H10O4S/c1-14-8-6-10-9(15-11(13)16-10)5-7(8)3-2-4-12/h4-6H,2-3H2,1H3. The molecule has 0 aliphatic heterocycles. The van der Waals surface area contributed by atoms with E-state index in [0.29, 0.717) is 24.2 Å². The molecule has 0 aliphatic carbocycles. The summed E-state index contributed by atoms with van der Waals surface area (Å²) in [4.78, 5) is 21.1. The van der Waals surface area contributed by atoms with Crippen LogP contribution in [0.15, 0.2) is 21.3 Å². The van der Waals surface area contributed by atoms with Gasteiger partial charge in [0.25, 0.3) is 0 Å². The molecule has 0 saturated carbocycles. The van der Waals surface area contributed by atoms with Crippen molar-refractivity contribution in [1.29, 1.82) is 0 Å². The third kappa shape index (κ3) is 1.99. The van der Waals surface area contributed by atoms with Crippen LogP contribution < -0.4 is 9.68 Å². The van der Waals surface area contributed by atoms with E-state index in [9.17, 15) is 9.59 Å². The smallest absolute Gasteiger partial charge is 0.396 e. The highest BCUT2D eigenvalue weighted by Crippen LogP contribution is 2.28. The minimum absolute atomic E-state index is 0.329. The van der Waals surface area contributed by atoms with Crippen LogP contribution in [0.5, 0.6) is 5.75 Å². The van der Waals surface area contributed by atoms with Gasteiger partial charge in [0.05, 0.1) is 11.8 Å². The van der Waals surface area contributed by atoms with Crippen LogP contribution in [0.25, 0.3) is 10.3 Å². The fourth-order valence-electron chi connectivity index (χ4n) is 1.54. The molecule has 2 aromatic rings. The zero-order chi connectivity index (χ0) is 11.5. The first kappa shape index (κ1) is 10.9. The van der Waals surface area contributed by atoms with Gasteiger partial charge in [-0.1, -0.05) is 11.3 Å². The van der Waals surface area contributed by atoms with Crippen molar-refractivity contribution in [3.63, 3.8) is 0 Å². The molecule has 0 radical (unpaired) electrons. The van der Waals surface area contributed by atoms with Gasteiger partial charge in [-0.2, -0.15) is 0 Å². The Kier molecular flexibility index (Phi) is 3.05. The normalized spacial score (nSPS) is 10.6. The number of benzene rings is 1. The Labute approximate surface area is 95.5 Å². The SMILES string of the molecule is COc1cc2sc(=O)oc2cc1CCC=O. The Morgan fingerprint density at radius 2 is 2.31 bits per heavy atom. The third-order valence-electron chi connectivity index (χ3n) is 2.26. The van der Waals surface area contributed by atoms with Gasteiger partial charge in [0.15, 0.2) is 0 Å². The molecule has 1 aromatic heterocycles. The average molecular weight is 238 g/mol. The largest absolute Gasteiger partial charge is 0.496 e. The van der Waals surface area contributed by atoms with Crippen molar-refractivity contribution in [1.82, 2.24) is 0 Å². The van der Waals surface area contributed by atoms with Gasteiger partial charge in [0.1, 0.15) is 17.6 Å². The van der Waals surface area contributed by atoms with Gasteiger partial charge in [0.2, 0.25) is 0 Å². The molecule has 1 heterocycles. The van der Waals surface area contributed by atoms with Gasteiger partial charge >= 0.3 is 4.94 Å². The zero-order valence-electron chi connectivity index (χ0n) is 8.69. The molecule has 0 fully saturated rings. The molecule has 2 rings (SSSR count). The van der Waals surface area contributed by atoms with E-state index < -0.39 is 0 Å². The Hall–Kier alpha value is -1.62. The van der Waals surface area contributed by atoms with Gasteiger partial charge in [-0.3, -0.25) is 0 Å². The number of aldehydes is 1. The van der Waals surface area contributed by atoms with Gasteiger partial charge < -0.3 is 13.9 Å². The lowest BCUT2D eigenvalue weighted by molar-refractivity contribution is -0.107. The predicted octanol–water partition coefficient (Wildman–Crippen LogP) is 1.99. The quantitative estimate of drug-likeness (QED) is 0.764. The second-order valence-electron chi connectivity index (χ2n) is 3.27. The topological polar surface area (TPSA) is 56.5 Å². The van der Waals surface area contributed by atoms with Crippen LogP contribution in [-0.2, 0) is 11.2 Å². The van der Waals surface area contributed by atoms with Gasteiger partial charge in [0, 0.05) is 12.5 Å². The molecule has 16 heavy (non-hydrogen) atoms. The van der Waals surface area contributed by atoms with Crippen LogP contribution in [0.4, 0.5) is 0 Å². The molecular formula is C11H10O4S. The fraction of sp³-hybridized carbons (Fsp3) is 0.273. The van der Waals surface area contributed by atoms with E-state index >= 15 is 0 Å². The summed E-state index contributed by atoms with van der Waals surface area (Å²) in [6.07, 6.45) is 1.87. The summed E-state index contributed by atoms with van der Waals surface area (Å²) in [5.74, 6) is 0.686. The van der Waals surface area contributed by atoms with E-state index in [2.05, 4.69) is 0 Å². The van der Waals surface area contributed by atoms with Crippen molar-refractivity contribution in [2.45, 2.75) is 12.8 Å². The highest BCUT2D eigenvalue weighted by atomic mass is 32.1. The van der Waals surface area contributed by atoms with E-state index in [1.165, 1.54) is 0 Å². The summed E-state index contributed by atoms with van der Waals surface area (Å²) in [5, 5.41) is 0. The summed E-state index contributed by atoms with van der Waals surface area (Å²) < 4.78 is 11.0. The third-order valence-corrected chi connectivity index (χ3v) is 3.05. The lowest BCUT2D eigenvalue weighted by Gasteiger charge is -2.06. The lowest BCUT2D eigenvalue weighted by Crippen LogP contribution is -1.92. The lowest BCUT2D eigenvalue weighted by atomic mass is 10.1. The average Bonchev–Trinajstić information content (AvgIpc) is 2.63. The second kappa shape index (κ2) is 4.49. The monoisotopic (exact) mass is 238 g/mol. The van der Waals surface area contributed by atoms with Crippen molar-refractivity contribution < 1.29 is 13.9 Å². The highest BCUT2D eigenvalue weighted by Gasteiger charge is 2.09. The molecule has 84 valence electrons. The molecule has 4 nitrogen and oxygen atoms in total. The number of carbonyl (C=O) groups is 1. The molecule has 0 aliphatic rings. The number of fused-ring (bicyclic) bond motifs is 1. The number of hydrogen-bond acceptors (Lipinski definition) is 5. The van der Waals surface area contributed by atoms with E-state index in [1.807, 2.05) is 0 Å². The Morgan fingerprint density at radius 3 is 3.00 bits per heavy atom. The molecule has 0 atom stereocenters. The first-order valence-electron chi connectivity index (χ1n) is 4.79. The highest BCUT2D eigenvalue weighted by molar-refractivity contribution is 7.16. The second-order valence-corrected chi connectivity index (χ2v) is 4.25. The maximum absolute atomic E-state index is 11.1. The van der Waals surface area contributed by atoms with Gasteiger partial charge in [-0.25, -0.2) is 4.79 Å². The minimum atomic E-state index is -0.329. The number of rotatable bonds is 4. The Balaban J connectivity index is 2.52. The molecule has 0 N–H and O–H groups in total. The van der Waals surface area contributed by atoms with Crippen LogP contribution >= 0.6 is 11.3 Å².